The van der Waals surface area contributed by atoms with Crippen LogP contribution in [0.15, 0.2) is 25.3 Å². The largest absolute Gasteiger partial charge is 0.377 e. The Bertz CT molecular complexity index is 233. The number of ether oxygens (including phenoxy) is 2. The van der Waals surface area contributed by atoms with E-state index in [0.717, 1.165) is 19.1 Å². The smallest absolute Gasteiger partial charge is 0.0645 e. The van der Waals surface area contributed by atoms with Crippen molar-refractivity contribution in [1.29, 1.82) is 0 Å². The maximum Gasteiger partial charge on any atom is 0.0645 e. The Morgan fingerprint density at radius 1 is 1.11 bits per heavy atom. The third kappa shape index (κ3) is 4.25. The summed E-state index contributed by atoms with van der Waals surface area (Å²) in [5.74, 6) is 0.723. The minimum absolute atomic E-state index is 0.207. The van der Waals surface area contributed by atoms with Gasteiger partial charge in [-0.3, -0.25) is 0 Å². The summed E-state index contributed by atoms with van der Waals surface area (Å²) in [6, 6.07) is 0. The molecule has 0 amide bonds. The van der Waals surface area contributed by atoms with Crippen LogP contribution in [0.2, 0.25) is 0 Å². The van der Waals surface area contributed by atoms with Gasteiger partial charge < -0.3 is 9.47 Å². The summed E-state index contributed by atoms with van der Waals surface area (Å²) in [7, 11) is 0. The van der Waals surface area contributed by atoms with Crippen LogP contribution in [-0.4, -0.2) is 26.4 Å². The second-order valence-corrected chi connectivity index (χ2v) is 5.32. The molecule has 0 heterocycles. The summed E-state index contributed by atoms with van der Waals surface area (Å²) in [5.41, 5.74) is 0.207. The minimum Gasteiger partial charge on any atom is -0.377 e. The van der Waals surface area contributed by atoms with Crippen molar-refractivity contribution < 1.29 is 9.47 Å². The summed E-state index contributed by atoms with van der Waals surface area (Å²) in [6.07, 6.45) is 10.0. The van der Waals surface area contributed by atoms with Crippen molar-refractivity contribution >= 4 is 0 Å². The molecule has 0 aromatic rings. The summed E-state index contributed by atoms with van der Waals surface area (Å²) >= 11 is 0. The lowest BCUT2D eigenvalue weighted by atomic mass is 9.66. The molecule has 0 radical (unpaired) electrons. The molecule has 1 aliphatic rings. The molecule has 1 fully saturated rings. The van der Waals surface area contributed by atoms with E-state index in [4.69, 9.17) is 9.47 Å². The molecule has 1 atom stereocenters. The van der Waals surface area contributed by atoms with Gasteiger partial charge in [-0.2, -0.15) is 0 Å². The van der Waals surface area contributed by atoms with Crippen molar-refractivity contribution in [2.24, 2.45) is 11.3 Å². The molecule has 0 saturated heterocycles. The van der Waals surface area contributed by atoms with Crippen molar-refractivity contribution in [2.45, 2.75) is 39.0 Å². The normalized spacial score (nSPS) is 22.6. The summed E-state index contributed by atoms with van der Waals surface area (Å²) in [6.45, 7) is 12.6. The molecule has 1 rings (SSSR count). The molecule has 0 spiro atoms. The van der Waals surface area contributed by atoms with Crippen LogP contribution in [0.5, 0.6) is 0 Å². The van der Waals surface area contributed by atoms with E-state index >= 15 is 0 Å². The first-order valence-electron chi connectivity index (χ1n) is 7.16. The molecule has 0 N–H and O–H groups in total. The molecular weight excluding hydrogens is 224 g/mol. The fourth-order valence-corrected chi connectivity index (χ4v) is 3.13. The maximum atomic E-state index is 5.76. The van der Waals surface area contributed by atoms with Gasteiger partial charge in [0.1, 0.15) is 0 Å². The van der Waals surface area contributed by atoms with Gasteiger partial charge in [-0.15, -0.1) is 13.2 Å². The number of rotatable bonds is 9. The van der Waals surface area contributed by atoms with Gasteiger partial charge in [-0.1, -0.05) is 38.3 Å². The monoisotopic (exact) mass is 252 g/mol. The molecule has 0 aromatic heterocycles. The van der Waals surface area contributed by atoms with E-state index < -0.39 is 0 Å². The number of hydrogen-bond donors (Lipinski definition) is 0. The Kier molecular flexibility index (Phi) is 7.29. The molecule has 0 bridgehead atoms. The van der Waals surface area contributed by atoms with E-state index in [1.807, 2.05) is 12.2 Å². The molecule has 18 heavy (non-hydrogen) atoms. The fraction of sp³-hybridized carbons (Fsp3) is 0.750. The van der Waals surface area contributed by atoms with Crippen LogP contribution < -0.4 is 0 Å². The third-order valence-electron chi connectivity index (χ3n) is 4.09. The first-order chi connectivity index (χ1) is 8.79. The van der Waals surface area contributed by atoms with Crippen LogP contribution in [0.4, 0.5) is 0 Å². The second-order valence-electron chi connectivity index (χ2n) is 5.32. The highest BCUT2D eigenvalue weighted by atomic mass is 16.5. The van der Waals surface area contributed by atoms with Gasteiger partial charge in [0.15, 0.2) is 0 Å². The van der Waals surface area contributed by atoms with Crippen molar-refractivity contribution in [3.8, 4) is 0 Å². The Balaban J connectivity index is 2.62. The van der Waals surface area contributed by atoms with Gasteiger partial charge in [0, 0.05) is 5.41 Å². The molecule has 2 heteroatoms. The molecule has 2 nitrogen and oxygen atoms in total. The van der Waals surface area contributed by atoms with Gasteiger partial charge in [0.05, 0.1) is 26.4 Å². The topological polar surface area (TPSA) is 18.5 Å². The molecule has 1 unspecified atom stereocenters. The van der Waals surface area contributed by atoms with Crippen molar-refractivity contribution in [3.05, 3.63) is 25.3 Å². The molecular formula is C16H28O2. The van der Waals surface area contributed by atoms with E-state index in [2.05, 4.69) is 20.1 Å². The Labute approximate surface area is 112 Å². The van der Waals surface area contributed by atoms with E-state index in [9.17, 15) is 0 Å². The Morgan fingerprint density at radius 2 is 1.72 bits per heavy atom. The zero-order chi connectivity index (χ0) is 13.3. The van der Waals surface area contributed by atoms with Crippen molar-refractivity contribution in [1.82, 2.24) is 0 Å². The SMILES string of the molecule is C=CCOCC1(COCC=C)CCCCC1CC. The van der Waals surface area contributed by atoms with Crippen LogP contribution >= 0.6 is 0 Å². The van der Waals surface area contributed by atoms with Crippen LogP contribution in [0.3, 0.4) is 0 Å². The second kappa shape index (κ2) is 8.49. The highest BCUT2D eigenvalue weighted by molar-refractivity contribution is 4.90. The molecule has 1 aliphatic carbocycles. The Hall–Kier alpha value is -0.600. The van der Waals surface area contributed by atoms with Crippen molar-refractivity contribution in [3.63, 3.8) is 0 Å². The predicted octanol–water partition coefficient (Wildman–Crippen LogP) is 3.98. The first kappa shape index (κ1) is 15.5. The summed E-state index contributed by atoms with van der Waals surface area (Å²) < 4.78 is 11.5. The highest BCUT2D eigenvalue weighted by Crippen LogP contribution is 2.43. The van der Waals surface area contributed by atoms with Crippen molar-refractivity contribution in [2.75, 3.05) is 26.4 Å². The Morgan fingerprint density at radius 3 is 2.22 bits per heavy atom. The maximum absolute atomic E-state index is 5.76. The summed E-state index contributed by atoms with van der Waals surface area (Å²) in [4.78, 5) is 0. The first-order valence-corrected chi connectivity index (χ1v) is 7.16. The molecule has 1 saturated carbocycles. The lowest BCUT2D eigenvalue weighted by Crippen LogP contribution is -2.42. The van der Waals surface area contributed by atoms with Gasteiger partial charge in [0.2, 0.25) is 0 Å². The van der Waals surface area contributed by atoms with Gasteiger partial charge >= 0.3 is 0 Å². The van der Waals surface area contributed by atoms with Gasteiger partial charge in [0.25, 0.3) is 0 Å². The zero-order valence-corrected chi connectivity index (χ0v) is 11.8. The molecule has 104 valence electrons. The van der Waals surface area contributed by atoms with Crippen LogP contribution in [0.25, 0.3) is 0 Å². The zero-order valence-electron chi connectivity index (χ0n) is 11.8. The quantitative estimate of drug-likeness (QED) is 0.456. The van der Waals surface area contributed by atoms with Crippen LogP contribution in [-0.2, 0) is 9.47 Å². The molecule has 0 aliphatic heterocycles. The summed E-state index contributed by atoms with van der Waals surface area (Å²) in [5, 5.41) is 0. The lowest BCUT2D eigenvalue weighted by Gasteiger charge is -2.43. The van der Waals surface area contributed by atoms with Gasteiger partial charge in [-0.25, -0.2) is 0 Å². The van der Waals surface area contributed by atoms with Gasteiger partial charge in [-0.05, 0) is 18.8 Å². The van der Waals surface area contributed by atoms with E-state index in [1.54, 1.807) is 0 Å². The average molecular weight is 252 g/mol. The highest BCUT2D eigenvalue weighted by Gasteiger charge is 2.40. The third-order valence-corrected chi connectivity index (χ3v) is 4.09. The number of hydrogen-bond acceptors (Lipinski definition) is 2. The van der Waals surface area contributed by atoms with E-state index in [1.165, 1.54) is 32.1 Å². The predicted molar refractivity (Wildman–Crippen MR) is 76.7 cm³/mol. The van der Waals surface area contributed by atoms with E-state index in [-0.39, 0.29) is 5.41 Å². The minimum atomic E-state index is 0.207. The van der Waals surface area contributed by atoms with Crippen LogP contribution in [0.1, 0.15) is 39.0 Å². The van der Waals surface area contributed by atoms with Crippen LogP contribution in [0, 0.1) is 11.3 Å². The standard InChI is InChI=1S/C16H28O2/c1-4-11-17-13-16(14-18-12-5-2)10-8-7-9-15(16)6-3/h4-5,15H,1-2,6-14H2,3H3. The fourth-order valence-electron chi connectivity index (χ4n) is 3.13. The molecule has 0 aromatic carbocycles. The average Bonchev–Trinajstić information content (AvgIpc) is 2.40. The lowest BCUT2D eigenvalue weighted by molar-refractivity contribution is -0.0666. The van der Waals surface area contributed by atoms with E-state index in [0.29, 0.717) is 13.2 Å².